The van der Waals surface area contributed by atoms with E-state index in [1.807, 2.05) is 36.4 Å². The molecule has 0 saturated heterocycles. The molecule has 0 fully saturated rings. The number of rotatable bonds is 7. The van der Waals surface area contributed by atoms with Crippen LogP contribution in [0.3, 0.4) is 0 Å². The summed E-state index contributed by atoms with van der Waals surface area (Å²) in [6.45, 7) is -0.392. The van der Waals surface area contributed by atoms with E-state index < -0.39 is 30.3 Å². The number of aliphatic hydroxyl groups excluding tert-OH is 1. The third-order valence-electron chi connectivity index (χ3n) is 4.30. The number of amides is 2. The van der Waals surface area contributed by atoms with Gasteiger partial charge in [-0.3, -0.25) is 0 Å². The van der Waals surface area contributed by atoms with E-state index in [9.17, 15) is 18.7 Å². The molecule has 1 atom stereocenters. The van der Waals surface area contributed by atoms with Crippen molar-refractivity contribution < 1.29 is 23.4 Å². The second kappa shape index (κ2) is 9.49. The predicted molar refractivity (Wildman–Crippen MR) is 108 cm³/mol. The van der Waals surface area contributed by atoms with E-state index in [2.05, 4.69) is 10.6 Å². The molecule has 1 heterocycles. The van der Waals surface area contributed by atoms with Crippen LogP contribution in [-0.2, 0) is 6.54 Å². The Labute approximate surface area is 171 Å². The molecule has 1 unspecified atom stereocenters. The number of carbonyl (C=O) groups excluding carboxylic acids is 1. The Morgan fingerprint density at radius 1 is 1.10 bits per heavy atom. The summed E-state index contributed by atoms with van der Waals surface area (Å²) in [5, 5.41) is 14.5. The topological polar surface area (TPSA) is 70.6 Å². The number of thiophene rings is 1. The van der Waals surface area contributed by atoms with Crippen molar-refractivity contribution in [1.82, 2.24) is 10.6 Å². The fraction of sp³-hybridized carbons (Fsp3) is 0.190. The zero-order chi connectivity index (χ0) is 20.8. The Hall–Kier alpha value is -2.97. The van der Waals surface area contributed by atoms with Gasteiger partial charge >= 0.3 is 6.03 Å². The molecule has 3 rings (SSSR count). The van der Waals surface area contributed by atoms with E-state index in [1.165, 1.54) is 17.4 Å². The van der Waals surface area contributed by atoms with E-state index in [0.29, 0.717) is 0 Å². The lowest BCUT2D eigenvalue weighted by Crippen LogP contribution is -2.39. The van der Waals surface area contributed by atoms with Gasteiger partial charge in [0, 0.05) is 15.3 Å². The second-order valence-electron chi connectivity index (χ2n) is 6.19. The van der Waals surface area contributed by atoms with E-state index in [-0.39, 0.29) is 12.1 Å². The zero-order valence-corrected chi connectivity index (χ0v) is 16.4. The summed E-state index contributed by atoms with van der Waals surface area (Å²) in [5.41, 5.74) is 0.657. The molecule has 152 valence electrons. The van der Waals surface area contributed by atoms with Crippen LogP contribution in [0.4, 0.5) is 13.6 Å². The summed E-state index contributed by atoms with van der Waals surface area (Å²) >= 11 is 1.51. The Morgan fingerprint density at radius 3 is 2.41 bits per heavy atom. The molecule has 0 spiro atoms. The standard InChI is InChI=1S/C21H20F2N2O3S/c1-28-14-7-5-13(6-8-14)19-10-9-15(29-19)11-24-21(27)25-18(12-26)20-16(22)3-2-4-17(20)23/h2-10,18,26H,11-12H2,1H3,(H2,24,25,27). The van der Waals surface area contributed by atoms with Gasteiger partial charge in [-0.05, 0) is 54.1 Å². The molecule has 0 radical (unpaired) electrons. The minimum atomic E-state index is -1.19. The Morgan fingerprint density at radius 2 is 1.79 bits per heavy atom. The molecule has 1 aromatic heterocycles. The van der Waals surface area contributed by atoms with E-state index >= 15 is 0 Å². The fourth-order valence-corrected chi connectivity index (χ4v) is 3.77. The van der Waals surface area contributed by atoms with Crippen LogP contribution in [0.1, 0.15) is 16.5 Å². The Balaban J connectivity index is 1.59. The van der Waals surface area contributed by atoms with E-state index in [4.69, 9.17) is 4.74 Å². The quantitative estimate of drug-likeness (QED) is 0.538. The van der Waals surface area contributed by atoms with Gasteiger partial charge in [0.2, 0.25) is 0 Å². The number of carbonyl (C=O) groups is 1. The summed E-state index contributed by atoms with van der Waals surface area (Å²) in [6.07, 6.45) is 0. The van der Waals surface area contributed by atoms with Crippen molar-refractivity contribution in [2.45, 2.75) is 12.6 Å². The largest absolute Gasteiger partial charge is 0.497 e. The summed E-state index contributed by atoms with van der Waals surface area (Å²) in [6, 6.07) is 13.0. The normalized spacial score (nSPS) is 11.7. The van der Waals surface area contributed by atoms with Gasteiger partial charge in [0.05, 0.1) is 26.3 Å². The minimum absolute atomic E-state index is 0.241. The summed E-state index contributed by atoms with van der Waals surface area (Å²) < 4.78 is 32.9. The third kappa shape index (κ3) is 5.10. The van der Waals surface area contributed by atoms with E-state index in [1.54, 1.807) is 7.11 Å². The van der Waals surface area contributed by atoms with Crippen molar-refractivity contribution in [3.05, 3.63) is 76.7 Å². The number of ether oxygens (including phenoxy) is 1. The minimum Gasteiger partial charge on any atom is -0.497 e. The lowest BCUT2D eigenvalue weighted by molar-refractivity contribution is 0.214. The molecule has 0 bridgehead atoms. The summed E-state index contributed by atoms with van der Waals surface area (Å²) in [4.78, 5) is 14.1. The maximum absolute atomic E-state index is 13.9. The maximum atomic E-state index is 13.9. The molecule has 0 aliphatic carbocycles. The van der Waals surface area contributed by atoms with Crippen LogP contribution in [0, 0.1) is 11.6 Å². The molecule has 2 amide bonds. The molecule has 0 aliphatic rings. The fourth-order valence-electron chi connectivity index (χ4n) is 2.81. The number of aliphatic hydroxyl groups is 1. The molecule has 3 aromatic rings. The van der Waals surface area contributed by atoms with Crippen molar-refractivity contribution in [3.63, 3.8) is 0 Å². The van der Waals surface area contributed by atoms with Crippen molar-refractivity contribution >= 4 is 17.4 Å². The van der Waals surface area contributed by atoms with Crippen LogP contribution in [-0.4, -0.2) is 24.9 Å². The van der Waals surface area contributed by atoms with Crippen molar-refractivity contribution in [1.29, 1.82) is 0 Å². The van der Waals surface area contributed by atoms with Crippen LogP contribution in [0.2, 0.25) is 0 Å². The molecule has 0 saturated carbocycles. The number of nitrogens with one attached hydrogen (secondary N) is 2. The highest BCUT2D eigenvalue weighted by Crippen LogP contribution is 2.29. The lowest BCUT2D eigenvalue weighted by Gasteiger charge is -2.18. The highest BCUT2D eigenvalue weighted by atomic mass is 32.1. The number of hydrogen-bond donors (Lipinski definition) is 3. The first-order valence-corrected chi connectivity index (χ1v) is 9.65. The molecule has 5 nitrogen and oxygen atoms in total. The third-order valence-corrected chi connectivity index (χ3v) is 5.43. The van der Waals surface area contributed by atoms with Gasteiger partial charge in [-0.1, -0.05) is 6.07 Å². The SMILES string of the molecule is COc1ccc(-c2ccc(CNC(=O)NC(CO)c3c(F)cccc3F)s2)cc1. The molecule has 8 heteroatoms. The lowest BCUT2D eigenvalue weighted by atomic mass is 10.1. The van der Waals surface area contributed by atoms with Crippen LogP contribution >= 0.6 is 11.3 Å². The van der Waals surface area contributed by atoms with Gasteiger partial charge in [-0.15, -0.1) is 11.3 Å². The van der Waals surface area contributed by atoms with Gasteiger partial charge < -0.3 is 20.5 Å². The molecular weight excluding hydrogens is 398 g/mol. The highest BCUT2D eigenvalue weighted by Gasteiger charge is 2.21. The zero-order valence-electron chi connectivity index (χ0n) is 15.6. The first kappa shape index (κ1) is 20.8. The van der Waals surface area contributed by atoms with Gasteiger partial charge in [-0.25, -0.2) is 13.6 Å². The summed E-state index contributed by atoms with van der Waals surface area (Å²) in [5.74, 6) is -0.882. The Kier molecular flexibility index (Phi) is 6.79. The van der Waals surface area contributed by atoms with Crippen LogP contribution < -0.4 is 15.4 Å². The molecule has 29 heavy (non-hydrogen) atoms. The van der Waals surface area contributed by atoms with Gasteiger partial charge in [-0.2, -0.15) is 0 Å². The monoisotopic (exact) mass is 418 g/mol. The van der Waals surface area contributed by atoms with Gasteiger partial charge in [0.1, 0.15) is 17.4 Å². The molecule has 0 aliphatic heterocycles. The van der Waals surface area contributed by atoms with Crippen molar-refractivity contribution in [3.8, 4) is 16.2 Å². The second-order valence-corrected chi connectivity index (χ2v) is 7.36. The smallest absolute Gasteiger partial charge is 0.315 e. The molecule has 3 N–H and O–H groups in total. The average molecular weight is 418 g/mol. The van der Waals surface area contributed by atoms with Gasteiger partial charge in [0.15, 0.2) is 0 Å². The number of urea groups is 1. The first-order chi connectivity index (χ1) is 14.0. The highest BCUT2D eigenvalue weighted by molar-refractivity contribution is 7.15. The number of benzene rings is 2. The number of hydrogen-bond acceptors (Lipinski definition) is 4. The maximum Gasteiger partial charge on any atom is 0.315 e. The average Bonchev–Trinajstić information content (AvgIpc) is 3.20. The van der Waals surface area contributed by atoms with Crippen LogP contribution in [0.5, 0.6) is 5.75 Å². The number of methoxy groups -OCH3 is 1. The number of halogens is 2. The predicted octanol–water partition coefficient (Wildman–Crippen LogP) is 4.23. The van der Waals surface area contributed by atoms with Crippen LogP contribution in [0.15, 0.2) is 54.6 Å². The van der Waals surface area contributed by atoms with E-state index in [0.717, 1.165) is 33.2 Å². The van der Waals surface area contributed by atoms with Crippen molar-refractivity contribution in [2.75, 3.05) is 13.7 Å². The van der Waals surface area contributed by atoms with Crippen molar-refractivity contribution in [2.24, 2.45) is 0 Å². The Bertz CT molecular complexity index is 956. The first-order valence-electron chi connectivity index (χ1n) is 8.84. The molecule has 2 aromatic carbocycles. The summed E-state index contributed by atoms with van der Waals surface area (Å²) in [7, 11) is 1.61. The molecular formula is C21H20F2N2O3S. The van der Waals surface area contributed by atoms with Crippen LogP contribution in [0.25, 0.3) is 10.4 Å². The van der Waals surface area contributed by atoms with Gasteiger partial charge in [0.25, 0.3) is 0 Å².